The number of urea groups is 1. The van der Waals surface area contributed by atoms with E-state index in [4.69, 9.17) is 12.2 Å². The van der Waals surface area contributed by atoms with E-state index in [0.29, 0.717) is 11.4 Å². The number of anilines is 1. The standard InChI is InChI=1S/C9H10N6OS.Na/c1-10-8(16)11-6-4-2-3-5-7(6)15-9(17)12-13-14-15;/h2-5H,1H3,(H2,10,11,16)(H,12,14,17);/q;+1. The maximum Gasteiger partial charge on any atom is 1.00 e. The predicted molar refractivity (Wildman–Crippen MR) is 64.6 cm³/mol. The first-order chi connectivity index (χ1) is 8.22. The largest absolute Gasteiger partial charge is 1.00 e. The molecule has 0 bridgehead atoms. The van der Waals surface area contributed by atoms with Gasteiger partial charge in [-0.25, -0.2) is 9.48 Å². The van der Waals surface area contributed by atoms with Crippen molar-refractivity contribution in [3.05, 3.63) is 29.0 Å². The van der Waals surface area contributed by atoms with Crippen molar-refractivity contribution in [2.24, 2.45) is 0 Å². The second kappa shape index (κ2) is 6.64. The maximum atomic E-state index is 11.3. The second-order valence-electron chi connectivity index (χ2n) is 3.14. The summed E-state index contributed by atoms with van der Waals surface area (Å²) in [5, 5.41) is 15.1. The van der Waals surface area contributed by atoms with Gasteiger partial charge in [-0.2, -0.15) is 5.21 Å². The number of H-pyrrole nitrogens is 1. The zero-order valence-corrected chi connectivity index (χ0v) is 12.8. The Morgan fingerprint density at radius 3 is 2.78 bits per heavy atom. The molecule has 2 aromatic rings. The molecule has 7 nitrogen and oxygen atoms in total. The Morgan fingerprint density at radius 1 is 1.44 bits per heavy atom. The number of nitrogens with one attached hydrogen (secondary N) is 3. The molecule has 0 fully saturated rings. The molecule has 0 radical (unpaired) electrons. The molecule has 18 heavy (non-hydrogen) atoms. The van der Waals surface area contributed by atoms with Gasteiger partial charge in [0.25, 0.3) is 0 Å². The Balaban J connectivity index is 0.00000162. The Bertz CT molecular complexity index is 594. The third-order valence-corrected chi connectivity index (χ3v) is 2.36. The van der Waals surface area contributed by atoms with Gasteiger partial charge in [-0.15, -0.1) is 0 Å². The van der Waals surface area contributed by atoms with Gasteiger partial charge in [0.1, 0.15) is 0 Å². The van der Waals surface area contributed by atoms with Crippen LogP contribution < -0.4 is 40.2 Å². The average molecular weight is 273 g/mol. The van der Waals surface area contributed by atoms with Crippen LogP contribution in [0.15, 0.2) is 24.3 Å². The van der Waals surface area contributed by atoms with Gasteiger partial charge < -0.3 is 10.6 Å². The topological polar surface area (TPSA) is 87.6 Å². The normalized spacial score (nSPS) is 9.39. The molecule has 0 saturated carbocycles. The number of para-hydroxylation sites is 2. The molecule has 1 aromatic carbocycles. The van der Waals surface area contributed by atoms with Gasteiger partial charge in [0.2, 0.25) is 4.77 Å². The first-order valence-corrected chi connectivity index (χ1v) is 5.21. The number of hydrogen-bond acceptors (Lipinski definition) is 4. The molecule has 0 unspecified atom stereocenters. The number of benzene rings is 1. The van der Waals surface area contributed by atoms with E-state index < -0.39 is 0 Å². The average Bonchev–Trinajstić information content (AvgIpc) is 2.76. The molecule has 88 valence electrons. The van der Waals surface area contributed by atoms with Gasteiger partial charge in [-0.05, 0) is 24.4 Å². The van der Waals surface area contributed by atoms with Crippen LogP contribution in [0.3, 0.4) is 0 Å². The number of carbonyl (C=O) groups excluding carboxylic acids is 1. The minimum Gasteiger partial charge on any atom is -0.341 e. The van der Waals surface area contributed by atoms with Crippen molar-refractivity contribution in [3.63, 3.8) is 0 Å². The van der Waals surface area contributed by atoms with Crippen molar-refractivity contribution in [1.29, 1.82) is 0 Å². The van der Waals surface area contributed by atoms with E-state index in [-0.39, 0.29) is 40.4 Å². The van der Waals surface area contributed by atoms with Gasteiger partial charge in [0.05, 0.1) is 11.4 Å². The number of hydrogen-bond donors (Lipinski definition) is 3. The number of aromatic nitrogens is 4. The fourth-order valence-corrected chi connectivity index (χ4v) is 1.49. The molecule has 2 rings (SSSR count). The van der Waals surface area contributed by atoms with Gasteiger partial charge >= 0.3 is 35.6 Å². The number of carbonyl (C=O) groups is 1. The predicted octanol–water partition coefficient (Wildman–Crippen LogP) is -1.92. The molecule has 0 saturated heterocycles. The van der Waals surface area contributed by atoms with Crippen LogP contribution in [-0.2, 0) is 0 Å². The minimum absolute atomic E-state index is 0. The van der Waals surface area contributed by atoms with Crippen LogP contribution in [0.2, 0.25) is 0 Å². The van der Waals surface area contributed by atoms with E-state index in [2.05, 4.69) is 26.2 Å². The molecule has 0 atom stereocenters. The molecular formula is C9H10N6NaOS+. The van der Waals surface area contributed by atoms with Crippen LogP contribution in [0.1, 0.15) is 0 Å². The van der Waals surface area contributed by atoms with Crippen LogP contribution in [0, 0.1) is 4.77 Å². The third-order valence-electron chi connectivity index (χ3n) is 2.09. The number of rotatable bonds is 2. The van der Waals surface area contributed by atoms with Crippen LogP contribution in [0.25, 0.3) is 5.69 Å². The summed E-state index contributed by atoms with van der Waals surface area (Å²) < 4.78 is 1.79. The summed E-state index contributed by atoms with van der Waals surface area (Å²) in [6.45, 7) is 0. The first-order valence-electron chi connectivity index (χ1n) is 4.80. The van der Waals surface area contributed by atoms with Crippen molar-refractivity contribution >= 4 is 23.9 Å². The summed E-state index contributed by atoms with van der Waals surface area (Å²) in [6, 6.07) is 6.87. The van der Waals surface area contributed by atoms with Crippen LogP contribution >= 0.6 is 12.2 Å². The molecule has 0 aliphatic carbocycles. The Kier molecular flexibility index (Phi) is 5.48. The summed E-state index contributed by atoms with van der Waals surface area (Å²) >= 11 is 5.00. The molecule has 9 heteroatoms. The molecule has 2 amide bonds. The Morgan fingerprint density at radius 2 is 2.17 bits per heavy atom. The monoisotopic (exact) mass is 273 g/mol. The zero-order valence-electron chi connectivity index (χ0n) is 9.97. The Hall–Kier alpha value is -1.22. The maximum absolute atomic E-state index is 11.3. The second-order valence-corrected chi connectivity index (χ2v) is 3.50. The summed E-state index contributed by atoms with van der Waals surface area (Å²) in [5.41, 5.74) is 1.28. The van der Waals surface area contributed by atoms with Crippen LogP contribution in [0.4, 0.5) is 10.5 Å². The zero-order chi connectivity index (χ0) is 12.3. The SMILES string of the molecule is CNC(=O)Nc1ccccc1-n1[nH]nnc1=S.[Na+]. The van der Waals surface area contributed by atoms with Crippen molar-refractivity contribution < 1.29 is 34.4 Å². The summed E-state index contributed by atoms with van der Waals surface area (Å²) in [7, 11) is 1.54. The molecule has 0 aliphatic heterocycles. The number of nitrogens with zero attached hydrogens (tertiary/aromatic N) is 3. The summed E-state index contributed by atoms with van der Waals surface area (Å²) in [6.07, 6.45) is 0. The van der Waals surface area contributed by atoms with Crippen molar-refractivity contribution in [3.8, 4) is 5.69 Å². The van der Waals surface area contributed by atoms with Gasteiger partial charge in [-0.1, -0.05) is 22.4 Å². The third kappa shape index (κ3) is 3.16. The minimum atomic E-state index is -0.309. The summed E-state index contributed by atoms with van der Waals surface area (Å²) in [4.78, 5) is 11.3. The molecular weight excluding hydrogens is 263 g/mol. The van der Waals surface area contributed by atoms with E-state index in [9.17, 15) is 4.79 Å². The van der Waals surface area contributed by atoms with Gasteiger partial charge in [-0.3, -0.25) is 0 Å². The first kappa shape index (κ1) is 14.8. The number of amides is 2. The number of tetrazole rings is 1. The van der Waals surface area contributed by atoms with Crippen LogP contribution in [-0.4, -0.2) is 33.3 Å². The van der Waals surface area contributed by atoms with Crippen molar-refractivity contribution in [2.75, 3.05) is 12.4 Å². The molecule has 0 spiro atoms. The van der Waals surface area contributed by atoms with E-state index in [1.807, 2.05) is 12.1 Å². The quantitative estimate of drug-likeness (QED) is 0.440. The molecule has 3 N–H and O–H groups in total. The fourth-order valence-electron chi connectivity index (χ4n) is 1.31. The van der Waals surface area contributed by atoms with Gasteiger partial charge in [0, 0.05) is 7.05 Å². The van der Waals surface area contributed by atoms with Crippen molar-refractivity contribution in [2.45, 2.75) is 0 Å². The van der Waals surface area contributed by atoms with Crippen molar-refractivity contribution in [1.82, 2.24) is 25.5 Å². The molecule has 1 heterocycles. The van der Waals surface area contributed by atoms with E-state index >= 15 is 0 Å². The number of aromatic amines is 1. The summed E-state index contributed by atoms with van der Waals surface area (Å²) in [5.74, 6) is 0. The fraction of sp³-hybridized carbons (Fsp3) is 0.111. The van der Waals surface area contributed by atoms with E-state index in [0.717, 1.165) is 0 Å². The van der Waals surface area contributed by atoms with E-state index in [1.54, 1.807) is 19.2 Å². The molecule has 0 aliphatic rings. The smallest absolute Gasteiger partial charge is 0.341 e. The van der Waals surface area contributed by atoms with E-state index in [1.165, 1.54) is 4.68 Å². The van der Waals surface area contributed by atoms with Gasteiger partial charge in [0.15, 0.2) is 0 Å². The molecule has 1 aromatic heterocycles. The Labute approximate surface area is 130 Å². The van der Waals surface area contributed by atoms with Crippen LogP contribution in [0.5, 0.6) is 0 Å².